The number of benzene rings is 1. The Hall–Kier alpha value is -3.28. The number of amides is 3. The number of nitriles is 1. The Morgan fingerprint density at radius 3 is 2.79 bits per heavy atom. The zero-order chi connectivity index (χ0) is 21.2. The number of hydrogen-bond acceptors (Lipinski definition) is 6. The van der Waals surface area contributed by atoms with Crippen molar-refractivity contribution in [3.8, 4) is 17.6 Å². The Morgan fingerprint density at radius 1 is 1.31 bits per heavy atom. The van der Waals surface area contributed by atoms with Crippen LogP contribution in [0.25, 0.3) is 0 Å². The molecule has 0 aliphatic carbocycles. The molecule has 9 nitrogen and oxygen atoms in total. The third-order valence-electron chi connectivity index (χ3n) is 4.66. The third-order valence-corrected chi connectivity index (χ3v) is 4.66. The third kappa shape index (κ3) is 6.10. The molecule has 1 unspecified atom stereocenters. The van der Waals surface area contributed by atoms with Crippen LogP contribution in [0.3, 0.4) is 0 Å². The molecule has 0 spiro atoms. The summed E-state index contributed by atoms with van der Waals surface area (Å²) in [5.74, 6) is 0.247. The molecule has 9 heteroatoms. The number of likely N-dealkylation sites (N-methyl/N-ethyl adjacent to an activating group) is 1. The van der Waals surface area contributed by atoms with Crippen LogP contribution in [0.2, 0.25) is 0 Å². The maximum Gasteiger partial charge on any atom is 0.242 e. The van der Waals surface area contributed by atoms with Crippen molar-refractivity contribution in [3.63, 3.8) is 0 Å². The van der Waals surface area contributed by atoms with Crippen molar-refractivity contribution in [2.45, 2.75) is 31.7 Å². The van der Waals surface area contributed by atoms with E-state index in [1.807, 2.05) is 6.07 Å². The highest BCUT2D eigenvalue weighted by Gasteiger charge is 2.33. The monoisotopic (exact) mass is 402 g/mol. The smallest absolute Gasteiger partial charge is 0.242 e. The van der Waals surface area contributed by atoms with Crippen LogP contribution in [0.5, 0.6) is 11.5 Å². The Balaban J connectivity index is 1.71. The van der Waals surface area contributed by atoms with Gasteiger partial charge in [-0.2, -0.15) is 5.26 Å². The van der Waals surface area contributed by atoms with Gasteiger partial charge in [-0.1, -0.05) is 0 Å². The lowest BCUT2D eigenvalue weighted by Crippen LogP contribution is -2.48. The van der Waals surface area contributed by atoms with Crippen molar-refractivity contribution in [2.75, 3.05) is 33.9 Å². The fraction of sp³-hybridized carbons (Fsp3) is 0.500. The van der Waals surface area contributed by atoms with Gasteiger partial charge in [0, 0.05) is 26.1 Å². The second kappa shape index (κ2) is 10.9. The van der Waals surface area contributed by atoms with Crippen LogP contribution in [0, 0.1) is 11.3 Å². The summed E-state index contributed by atoms with van der Waals surface area (Å²) in [5, 5.41) is 14.1. The molecule has 1 saturated heterocycles. The number of nitrogens with zero attached hydrogens (tertiary/aromatic N) is 2. The summed E-state index contributed by atoms with van der Waals surface area (Å²) >= 11 is 0. The lowest BCUT2D eigenvalue weighted by atomic mass is 10.2. The highest BCUT2D eigenvalue weighted by atomic mass is 16.5. The van der Waals surface area contributed by atoms with E-state index in [0.29, 0.717) is 36.4 Å². The molecule has 3 amide bonds. The van der Waals surface area contributed by atoms with Gasteiger partial charge in [-0.3, -0.25) is 14.4 Å². The molecule has 0 radical (unpaired) electrons. The number of carbonyl (C=O) groups excluding carboxylic acids is 3. The van der Waals surface area contributed by atoms with Crippen LogP contribution in [0.4, 0.5) is 0 Å². The van der Waals surface area contributed by atoms with Crippen molar-refractivity contribution in [1.29, 1.82) is 5.26 Å². The predicted octanol–water partition coefficient (Wildman–Crippen LogP) is 0.579. The zero-order valence-electron chi connectivity index (χ0n) is 16.7. The zero-order valence-corrected chi connectivity index (χ0v) is 16.7. The van der Waals surface area contributed by atoms with Gasteiger partial charge in [0.1, 0.15) is 6.04 Å². The minimum atomic E-state index is -0.458. The van der Waals surface area contributed by atoms with Crippen LogP contribution in [0.15, 0.2) is 18.2 Å². The molecule has 0 saturated carbocycles. The van der Waals surface area contributed by atoms with Gasteiger partial charge in [-0.05, 0) is 31.4 Å². The molecule has 1 aromatic carbocycles. The summed E-state index contributed by atoms with van der Waals surface area (Å²) < 4.78 is 10.8. The van der Waals surface area contributed by atoms with E-state index in [-0.39, 0.29) is 37.3 Å². The van der Waals surface area contributed by atoms with Crippen molar-refractivity contribution < 1.29 is 23.9 Å². The van der Waals surface area contributed by atoms with Crippen molar-refractivity contribution >= 4 is 17.7 Å². The van der Waals surface area contributed by atoms with E-state index >= 15 is 0 Å². The van der Waals surface area contributed by atoms with E-state index in [1.165, 1.54) is 12.0 Å². The van der Waals surface area contributed by atoms with Crippen LogP contribution in [-0.2, 0) is 14.4 Å². The number of nitrogens with one attached hydrogen (secondary N) is 2. The van der Waals surface area contributed by atoms with Gasteiger partial charge < -0.3 is 25.0 Å². The number of methoxy groups -OCH3 is 1. The molecule has 1 aromatic rings. The first-order valence-electron chi connectivity index (χ1n) is 9.48. The van der Waals surface area contributed by atoms with Crippen molar-refractivity contribution in [2.24, 2.45) is 0 Å². The van der Waals surface area contributed by atoms with Gasteiger partial charge in [0.05, 0.1) is 31.9 Å². The normalized spacial score (nSPS) is 15.3. The van der Waals surface area contributed by atoms with Gasteiger partial charge in [-0.25, -0.2) is 0 Å². The van der Waals surface area contributed by atoms with E-state index in [9.17, 15) is 14.4 Å². The number of ether oxygens (including phenoxy) is 2. The van der Waals surface area contributed by atoms with Crippen LogP contribution in [0.1, 0.15) is 31.2 Å². The largest absolute Gasteiger partial charge is 0.493 e. The van der Waals surface area contributed by atoms with E-state index in [2.05, 4.69) is 10.6 Å². The number of carbonyl (C=O) groups is 3. The molecule has 1 fully saturated rings. The quantitative estimate of drug-likeness (QED) is 0.583. The van der Waals surface area contributed by atoms with Crippen LogP contribution < -0.4 is 20.1 Å². The molecule has 1 atom stereocenters. The lowest BCUT2D eigenvalue weighted by molar-refractivity contribution is -0.138. The summed E-state index contributed by atoms with van der Waals surface area (Å²) in [6.45, 7) is 0.679. The van der Waals surface area contributed by atoms with E-state index in [1.54, 1.807) is 25.2 Å². The Kier molecular flexibility index (Phi) is 8.27. The number of likely N-dealkylation sites (tertiary alicyclic amines) is 1. The number of hydrogen-bond donors (Lipinski definition) is 2. The molecule has 1 aliphatic rings. The van der Waals surface area contributed by atoms with Gasteiger partial charge in [-0.15, -0.1) is 0 Å². The minimum Gasteiger partial charge on any atom is -0.493 e. The Labute approximate surface area is 169 Å². The molecular formula is C20H26N4O5. The summed E-state index contributed by atoms with van der Waals surface area (Å²) in [6, 6.07) is 6.42. The first-order valence-corrected chi connectivity index (χ1v) is 9.48. The van der Waals surface area contributed by atoms with Crippen molar-refractivity contribution in [1.82, 2.24) is 15.5 Å². The molecule has 2 rings (SSSR count). The minimum absolute atomic E-state index is 0.128. The molecule has 156 valence electrons. The summed E-state index contributed by atoms with van der Waals surface area (Å²) in [6.07, 6.45) is 2.06. The molecule has 29 heavy (non-hydrogen) atoms. The average molecular weight is 402 g/mol. The van der Waals surface area contributed by atoms with Crippen molar-refractivity contribution in [3.05, 3.63) is 23.8 Å². The predicted molar refractivity (Wildman–Crippen MR) is 104 cm³/mol. The SMILES string of the molecule is CNC(=O)C1CCCN1C(=O)CNC(=O)CCCOc1ccc(C#N)cc1OC. The second-order valence-electron chi connectivity index (χ2n) is 6.57. The number of rotatable bonds is 9. The lowest BCUT2D eigenvalue weighted by Gasteiger charge is -2.23. The molecule has 2 N–H and O–H groups in total. The summed E-state index contributed by atoms with van der Waals surface area (Å²) in [5.41, 5.74) is 0.468. The maximum atomic E-state index is 12.3. The fourth-order valence-electron chi connectivity index (χ4n) is 3.14. The fourth-order valence-corrected chi connectivity index (χ4v) is 3.14. The first-order chi connectivity index (χ1) is 14.0. The van der Waals surface area contributed by atoms with Crippen LogP contribution in [-0.4, -0.2) is 62.5 Å². The Bertz CT molecular complexity index is 790. The first kappa shape index (κ1) is 22.0. The van der Waals surface area contributed by atoms with E-state index in [4.69, 9.17) is 14.7 Å². The van der Waals surface area contributed by atoms with Gasteiger partial charge in [0.25, 0.3) is 0 Å². The van der Waals surface area contributed by atoms with E-state index < -0.39 is 6.04 Å². The topological polar surface area (TPSA) is 121 Å². The summed E-state index contributed by atoms with van der Waals surface area (Å²) in [4.78, 5) is 37.6. The molecule has 1 heterocycles. The van der Waals surface area contributed by atoms with Crippen LogP contribution >= 0.6 is 0 Å². The maximum absolute atomic E-state index is 12.3. The standard InChI is InChI=1S/C20H26N4O5/c1-22-20(27)15-5-3-9-24(15)19(26)13-23-18(25)6-4-10-29-16-8-7-14(12-21)11-17(16)28-2/h7-8,11,15H,3-6,9-10,13H2,1-2H3,(H,22,27)(H,23,25). The average Bonchev–Trinajstić information content (AvgIpc) is 3.24. The summed E-state index contributed by atoms with van der Waals surface area (Å²) in [7, 11) is 3.03. The highest BCUT2D eigenvalue weighted by molar-refractivity contribution is 5.90. The van der Waals surface area contributed by atoms with Gasteiger partial charge in [0.2, 0.25) is 17.7 Å². The molecule has 1 aliphatic heterocycles. The molecular weight excluding hydrogens is 376 g/mol. The Morgan fingerprint density at radius 2 is 2.10 bits per heavy atom. The van der Waals surface area contributed by atoms with Gasteiger partial charge in [0.15, 0.2) is 11.5 Å². The van der Waals surface area contributed by atoms with Gasteiger partial charge >= 0.3 is 0 Å². The molecule has 0 bridgehead atoms. The second-order valence-corrected chi connectivity index (χ2v) is 6.57. The molecule has 0 aromatic heterocycles. The highest BCUT2D eigenvalue weighted by Crippen LogP contribution is 2.27. The van der Waals surface area contributed by atoms with E-state index in [0.717, 1.165) is 6.42 Å².